The van der Waals surface area contributed by atoms with Gasteiger partial charge in [-0.05, 0) is 56.5 Å². The van der Waals surface area contributed by atoms with Crippen LogP contribution in [0.5, 0.6) is 0 Å². The molecule has 1 aromatic rings. The summed E-state index contributed by atoms with van der Waals surface area (Å²) in [6.45, 7) is 2.68. The molecule has 2 saturated heterocycles. The minimum Gasteiger partial charge on any atom is -0.299 e. The summed E-state index contributed by atoms with van der Waals surface area (Å²) in [7, 11) is 0.970. The summed E-state index contributed by atoms with van der Waals surface area (Å²) in [5.41, 5.74) is 1.85. The van der Waals surface area contributed by atoms with E-state index in [1.165, 1.54) is 76.9 Å². The molecule has 0 aromatic heterocycles. The summed E-state index contributed by atoms with van der Waals surface area (Å²) < 4.78 is 0. The van der Waals surface area contributed by atoms with Crippen molar-refractivity contribution in [1.82, 2.24) is 4.90 Å². The standard InChI is InChI=1S/C23H33NSi/c1-3-9-19(10-4-1)17-20-14-16-24-15-8-7-13-23(24)22(20)18-25-21-11-5-2-6-12-21/h2,5-6,11-12,17,19,22-23H,1,3-4,7-10,13-16,18H2/b20-17+/t22-,23+/m1/s1. The molecule has 4 rings (SSSR count). The summed E-state index contributed by atoms with van der Waals surface area (Å²) in [5, 5.41) is 1.55. The van der Waals surface area contributed by atoms with E-state index in [2.05, 4.69) is 41.3 Å². The van der Waals surface area contributed by atoms with Gasteiger partial charge in [-0.25, -0.2) is 0 Å². The van der Waals surface area contributed by atoms with Gasteiger partial charge in [-0.15, -0.1) is 0 Å². The number of allylic oxidation sites excluding steroid dienone is 1. The first-order valence-electron chi connectivity index (χ1n) is 10.6. The van der Waals surface area contributed by atoms with Gasteiger partial charge in [-0.2, -0.15) is 0 Å². The first-order chi connectivity index (χ1) is 12.4. The van der Waals surface area contributed by atoms with E-state index in [0.717, 1.165) is 27.4 Å². The number of piperidine rings is 2. The zero-order valence-electron chi connectivity index (χ0n) is 15.6. The van der Waals surface area contributed by atoms with E-state index in [9.17, 15) is 0 Å². The molecule has 2 heterocycles. The van der Waals surface area contributed by atoms with E-state index >= 15 is 0 Å². The topological polar surface area (TPSA) is 3.24 Å². The van der Waals surface area contributed by atoms with Crippen molar-refractivity contribution in [2.75, 3.05) is 13.1 Å². The van der Waals surface area contributed by atoms with Gasteiger partial charge in [0.2, 0.25) is 0 Å². The molecule has 3 aliphatic rings. The Morgan fingerprint density at radius 2 is 1.72 bits per heavy atom. The third kappa shape index (κ3) is 4.46. The molecule has 0 N–H and O–H groups in total. The maximum absolute atomic E-state index is 2.84. The lowest BCUT2D eigenvalue weighted by Gasteiger charge is -2.46. The third-order valence-electron chi connectivity index (χ3n) is 6.69. The molecule has 1 saturated carbocycles. The zero-order chi connectivity index (χ0) is 16.9. The molecular weight excluding hydrogens is 318 g/mol. The number of hydrogen-bond donors (Lipinski definition) is 0. The molecule has 2 radical (unpaired) electrons. The fraction of sp³-hybridized carbons (Fsp3) is 0.652. The lowest BCUT2D eigenvalue weighted by molar-refractivity contribution is 0.0947. The molecule has 2 aliphatic heterocycles. The van der Waals surface area contributed by atoms with E-state index in [1.807, 2.05) is 5.57 Å². The number of rotatable bonds is 4. The van der Waals surface area contributed by atoms with Gasteiger partial charge in [0, 0.05) is 12.6 Å². The third-order valence-corrected chi connectivity index (χ3v) is 8.08. The van der Waals surface area contributed by atoms with Crippen LogP contribution in [0.2, 0.25) is 6.04 Å². The number of fused-ring (bicyclic) bond motifs is 1. The highest BCUT2D eigenvalue weighted by Gasteiger charge is 2.35. The number of benzene rings is 1. The molecule has 2 atom stereocenters. The summed E-state index contributed by atoms with van der Waals surface area (Å²) >= 11 is 0. The fourth-order valence-electron chi connectivity index (χ4n) is 5.32. The Hall–Kier alpha value is -0.863. The molecule has 1 nitrogen and oxygen atoms in total. The lowest BCUT2D eigenvalue weighted by atomic mass is 9.78. The number of hydrogen-bond acceptors (Lipinski definition) is 1. The van der Waals surface area contributed by atoms with Gasteiger partial charge in [-0.3, -0.25) is 4.90 Å². The van der Waals surface area contributed by atoms with Gasteiger partial charge in [-0.1, -0.05) is 72.9 Å². The SMILES string of the molecule is C(=C1/CCN2CCCC[C@H]2[C@@H]1C[Si]c1ccccc1)/C1CCCCC1. The highest BCUT2D eigenvalue weighted by molar-refractivity contribution is 6.53. The number of nitrogens with zero attached hydrogens (tertiary/aromatic N) is 1. The van der Waals surface area contributed by atoms with Crippen LogP contribution in [-0.4, -0.2) is 33.6 Å². The van der Waals surface area contributed by atoms with Gasteiger partial charge in [0.15, 0.2) is 0 Å². The molecule has 25 heavy (non-hydrogen) atoms. The average Bonchev–Trinajstić information content (AvgIpc) is 2.68. The van der Waals surface area contributed by atoms with Gasteiger partial charge in [0.05, 0.1) is 9.52 Å². The Morgan fingerprint density at radius 1 is 0.920 bits per heavy atom. The maximum Gasteiger partial charge on any atom is 0.0814 e. The first kappa shape index (κ1) is 17.5. The van der Waals surface area contributed by atoms with Crippen LogP contribution in [0.3, 0.4) is 0 Å². The van der Waals surface area contributed by atoms with E-state index in [-0.39, 0.29) is 0 Å². The molecular formula is C23H33NSi. The second-order valence-electron chi connectivity index (χ2n) is 8.34. The highest BCUT2D eigenvalue weighted by Crippen LogP contribution is 2.38. The minimum absolute atomic E-state index is 0.828. The van der Waals surface area contributed by atoms with Crippen LogP contribution in [-0.2, 0) is 0 Å². The van der Waals surface area contributed by atoms with Gasteiger partial charge in [0.1, 0.15) is 0 Å². The van der Waals surface area contributed by atoms with Gasteiger partial charge < -0.3 is 0 Å². The molecule has 0 spiro atoms. The summed E-state index contributed by atoms with van der Waals surface area (Å²) in [6, 6.07) is 13.4. The van der Waals surface area contributed by atoms with E-state index in [0.29, 0.717) is 0 Å². The largest absolute Gasteiger partial charge is 0.299 e. The molecule has 1 aliphatic carbocycles. The Labute approximate surface area is 156 Å². The molecule has 1 aromatic carbocycles. The van der Waals surface area contributed by atoms with Crippen molar-refractivity contribution in [3.63, 3.8) is 0 Å². The predicted molar refractivity (Wildman–Crippen MR) is 109 cm³/mol. The van der Waals surface area contributed by atoms with Crippen LogP contribution < -0.4 is 5.19 Å². The van der Waals surface area contributed by atoms with Crippen molar-refractivity contribution in [1.29, 1.82) is 0 Å². The summed E-state index contributed by atoms with van der Waals surface area (Å²) in [5.74, 6) is 1.72. The van der Waals surface area contributed by atoms with Crippen molar-refractivity contribution in [3.05, 3.63) is 42.0 Å². The first-order valence-corrected chi connectivity index (χ1v) is 11.8. The van der Waals surface area contributed by atoms with E-state index in [1.54, 1.807) is 5.19 Å². The second kappa shape index (κ2) is 8.68. The van der Waals surface area contributed by atoms with Crippen LogP contribution >= 0.6 is 0 Å². The van der Waals surface area contributed by atoms with Crippen LogP contribution in [0.15, 0.2) is 42.0 Å². The molecule has 0 unspecified atom stereocenters. The normalized spacial score (nSPS) is 30.3. The van der Waals surface area contributed by atoms with Crippen LogP contribution in [0, 0.1) is 11.8 Å². The lowest BCUT2D eigenvalue weighted by Crippen LogP contribution is -2.49. The molecule has 2 heteroatoms. The second-order valence-corrected chi connectivity index (χ2v) is 9.68. The Bertz CT molecular complexity index is 561. The Morgan fingerprint density at radius 3 is 2.56 bits per heavy atom. The van der Waals surface area contributed by atoms with Gasteiger partial charge in [0.25, 0.3) is 0 Å². The monoisotopic (exact) mass is 351 g/mol. The maximum atomic E-state index is 2.84. The molecule has 0 bridgehead atoms. The van der Waals surface area contributed by atoms with E-state index < -0.39 is 0 Å². The fourth-order valence-corrected chi connectivity index (χ4v) is 6.73. The highest BCUT2D eigenvalue weighted by atomic mass is 28.2. The molecule has 134 valence electrons. The summed E-state index contributed by atoms with van der Waals surface area (Å²) in [6.07, 6.45) is 15.7. The zero-order valence-corrected chi connectivity index (χ0v) is 16.6. The summed E-state index contributed by atoms with van der Waals surface area (Å²) in [4.78, 5) is 2.84. The van der Waals surface area contributed by atoms with Crippen molar-refractivity contribution in [2.45, 2.75) is 69.9 Å². The van der Waals surface area contributed by atoms with Crippen molar-refractivity contribution in [3.8, 4) is 0 Å². The Kier molecular flexibility index (Phi) is 6.09. The van der Waals surface area contributed by atoms with Crippen molar-refractivity contribution >= 4 is 14.7 Å². The predicted octanol–water partition coefficient (Wildman–Crippen LogP) is 4.82. The van der Waals surface area contributed by atoms with Crippen molar-refractivity contribution < 1.29 is 0 Å². The average molecular weight is 352 g/mol. The smallest absolute Gasteiger partial charge is 0.0814 e. The quantitative estimate of drug-likeness (QED) is 0.555. The van der Waals surface area contributed by atoms with Crippen molar-refractivity contribution in [2.24, 2.45) is 11.8 Å². The Balaban J connectivity index is 1.50. The molecule has 3 fully saturated rings. The van der Waals surface area contributed by atoms with Crippen LogP contribution in [0.25, 0.3) is 0 Å². The van der Waals surface area contributed by atoms with E-state index in [4.69, 9.17) is 0 Å². The molecule has 0 amide bonds. The minimum atomic E-state index is 0.828. The van der Waals surface area contributed by atoms with Crippen LogP contribution in [0.1, 0.15) is 57.8 Å². The van der Waals surface area contributed by atoms with Crippen LogP contribution in [0.4, 0.5) is 0 Å². The van der Waals surface area contributed by atoms with Gasteiger partial charge >= 0.3 is 0 Å².